The average molecular weight is 261 g/mol. The van der Waals surface area contributed by atoms with E-state index in [4.69, 9.17) is 11.6 Å². The predicted molar refractivity (Wildman–Crippen MR) is 66.9 cm³/mol. The minimum Gasteiger partial charge on any atom is -0.306 e. The van der Waals surface area contributed by atoms with Crippen LogP contribution < -0.4 is 0 Å². The molecule has 1 aliphatic heterocycles. The molecule has 0 bridgehead atoms. The third-order valence-electron chi connectivity index (χ3n) is 3.17. The molecule has 0 spiro atoms. The third kappa shape index (κ3) is 2.91. The van der Waals surface area contributed by atoms with Crippen molar-refractivity contribution in [1.82, 2.24) is 19.4 Å². The lowest BCUT2D eigenvalue weighted by atomic mass is 10.0. The lowest BCUT2D eigenvalue weighted by Gasteiger charge is -2.34. The van der Waals surface area contributed by atoms with Gasteiger partial charge in [0.2, 0.25) is 0 Å². The molecule has 2 heterocycles. The van der Waals surface area contributed by atoms with Gasteiger partial charge in [0.15, 0.2) is 0 Å². The first-order valence-corrected chi connectivity index (χ1v) is 6.67. The van der Waals surface area contributed by atoms with Crippen molar-refractivity contribution in [3.8, 4) is 0 Å². The fraction of sp³-hybridized carbons (Fsp3) is 0.800. The highest BCUT2D eigenvalue weighted by atomic mass is 35.5. The molecule has 2 rings (SSSR count). The van der Waals surface area contributed by atoms with Gasteiger partial charge in [-0.1, -0.05) is 16.1 Å². The van der Waals surface area contributed by atoms with Gasteiger partial charge in [0.25, 0.3) is 0 Å². The van der Waals surface area contributed by atoms with Gasteiger partial charge < -0.3 is 4.90 Å². The first-order chi connectivity index (χ1) is 7.66. The van der Waals surface area contributed by atoms with Crippen molar-refractivity contribution in [3.63, 3.8) is 0 Å². The summed E-state index contributed by atoms with van der Waals surface area (Å²) >= 11 is 7.26. The highest BCUT2D eigenvalue weighted by Crippen LogP contribution is 2.21. The molecule has 1 aromatic heterocycles. The van der Waals surface area contributed by atoms with Crippen LogP contribution in [0.1, 0.15) is 18.5 Å². The second-order valence-electron chi connectivity index (χ2n) is 4.46. The van der Waals surface area contributed by atoms with Gasteiger partial charge in [-0.3, -0.25) is 4.90 Å². The number of hydrogen-bond donors (Lipinski definition) is 0. The van der Waals surface area contributed by atoms with E-state index in [0.29, 0.717) is 0 Å². The van der Waals surface area contributed by atoms with Crippen LogP contribution >= 0.6 is 23.1 Å². The highest BCUT2D eigenvalue weighted by molar-refractivity contribution is 7.10. The van der Waals surface area contributed by atoms with Gasteiger partial charge in [-0.15, -0.1) is 5.10 Å². The van der Waals surface area contributed by atoms with Gasteiger partial charge in [0.05, 0.1) is 0 Å². The van der Waals surface area contributed by atoms with Crippen LogP contribution in [-0.4, -0.2) is 52.6 Å². The Bertz CT molecular complexity index is 333. The van der Waals surface area contributed by atoms with Crippen LogP contribution in [0.25, 0.3) is 0 Å². The smallest absolute Gasteiger partial charge is 0.138 e. The van der Waals surface area contributed by atoms with Crippen molar-refractivity contribution < 1.29 is 0 Å². The van der Waals surface area contributed by atoms with Crippen LogP contribution in [0.5, 0.6) is 0 Å². The first-order valence-electron chi connectivity index (χ1n) is 5.52. The summed E-state index contributed by atoms with van der Waals surface area (Å²) in [4.78, 5) is 4.72. The maximum Gasteiger partial charge on any atom is 0.138 e. The fourth-order valence-corrected chi connectivity index (χ4v) is 2.71. The summed E-state index contributed by atoms with van der Waals surface area (Å²) in [6, 6.07) is 0.722. The molecule has 4 nitrogen and oxygen atoms in total. The Morgan fingerprint density at radius 2 is 2.12 bits per heavy atom. The third-order valence-corrected chi connectivity index (χ3v) is 4.15. The van der Waals surface area contributed by atoms with Crippen molar-refractivity contribution in [3.05, 3.63) is 10.0 Å². The zero-order valence-electron chi connectivity index (χ0n) is 9.69. The molecule has 1 aliphatic rings. The Hall–Kier alpha value is -0.230. The predicted octanol–water partition coefficient (Wildman–Crippen LogP) is 1.72. The number of likely N-dealkylation sites (tertiary alicyclic amines) is 1. The molecule has 1 fully saturated rings. The standard InChI is InChI=1S/C10H17ClN4S/c1-14(2)8-3-5-15(6-4-8)7-9-10(11)16-13-12-9/h8H,3-7H2,1-2H3. The minimum absolute atomic E-state index is 0.722. The van der Waals surface area contributed by atoms with Crippen LogP contribution in [0.4, 0.5) is 0 Å². The van der Waals surface area contributed by atoms with Crippen LogP contribution in [0.2, 0.25) is 4.34 Å². The summed E-state index contributed by atoms with van der Waals surface area (Å²) in [7, 11) is 4.31. The monoisotopic (exact) mass is 260 g/mol. The zero-order valence-corrected chi connectivity index (χ0v) is 11.3. The van der Waals surface area contributed by atoms with E-state index < -0.39 is 0 Å². The maximum atomic E-state index is 6.00. The molecule has 0 amide bonds. The van der Waals surface area contributed by atoms with Gasteiger partial charge >= 0.3 is 0 Å². The van der Waals surface area contributed by atoms with E-state index in [1.807, 2.05) is 0 Å². The van der Waals surface area contributed by atoms with Gasteiger partial charge in [0.1, 0.15) is 10.0 Å². The van der Waals surface area contributed by atoms with E-state index in [1.54, 1.807) is 0 Å². The molecular weight excluding hydrogens is 244 g/mol. The van der Waals surface area contributed by atoms with Gasteiger partial charge in [-0.2, -0.15) is 0 Å². The van der Waals surface area contributed by atoms with Crippen LogP contribution in [0, 0.1) is 0 Å². The van der Waals surface area contributed by atoms with Crippen LogP contribution in [0.15, 0.2) is 0 Å². The number of piperidine rings is 1. The summed E-state index contributed by atoms with van der Waals surface area (Å²) in [6.45, 7) is 3.09. The quantitative estimate of drug-likeness (QED) is 0.829. The molecular formula is C10H17ClN4S. The van der Waals surface area contributed by atoms with Crippen molar-refractivity contribution >= 4 is 23.1 Å². The second kappa shape index (κ2) is 5.40. The van der Waals surface area contributed by atoms with Crippen molar-refractivity contribution in [1.29, 1.82) is 0 Å². The van der Waals surface area contributed by atoms with E-state index in [-0.39, 0.29) is 0 Å². The van der Waals surface area contributed by atoms with E-state index in [9.17, 15) is 0 Å². The van der Waals surface area contributed by atoms with Crippen LogP contribution in [0.3, 0.4) is 0 Å². The van der Waals surface area contributed by atoms with E-state index >= 15 is 0 Å². The van der Waals surface area contributed by atoms with Gasteiger partial charge in [-0.25, -0.2) is 0 Å². The molecule has 0 N–H and O–H groups in total. The minimum atomic E-state index is 0.722. The summed E-state index contributed by atoms with van der Waals surface area (Å²) in [5, 5.41) is 4.05. The topological polar surface area (TPSA) is 32.3 Å². The summed E-state index contributed by atoms with van der Waals surface area (Å²) in [5.41, 5.74) is 0.926. The van der Waals surface area contributed by atoms with Crippen molar-refractivity contribution in [2.45, 2.75) is 25.4 Å². The largest absolute Gasteiger partial charge is 0.306 e. The summed E-state index contributed by atoms with van der Waals surface area (Å²) in [5.74, 6) is 0. The Labute approximate surface area is 105 Å². The Morgan fingerprint density at radius 1 is 1.44 bits per heavy atom. The average Bonchev–Trinajstić information content (AvgIpc) is 2.65. The maximum absolute atomic E-state index is 6.00. The number of nitrogens with zero attached hydrogens (tertiary/aromatic N) is 4. The Kier molecular flexibility index (Phi) is 4.13. The normalized spacial score (nSPS) is 19.5. The molecule has 0 unspecified atom stereocenters. The number of aromatic nitrogens is 2. The van der Waals surface area contributed by atoms with Crippen molar-refractivity contribution in [2.24, 2.45) is 0 Å². The summed E-state index contributed by atoms with van der Waals surface area (Å²) < 4.78 is 4.59. The lowest BCUT2D eigenvalue weighted by molar-refractivity contribution is 0.139. The first kappa shape index (κ1) is 12.2. The second-order valence-corrected chi connectivity index (χ2v) is 5.82. The Balaban J connectivity index is 1.84. The van der Waals surface area contributed by atoms with Crippen molar-refractivity contribution in [2.75, 3.05) is 27.2 Å². The van der Waals surface area contributed by atoms with E-state index in [2.05, 4.69) is 33.5 Å². The lowest BCUT2D eigenvalue weighted by Crippen LogP contribution is -2.41. The molecule has 1 aromatic rings. The van der Waals surface area contributed by atoms with Gasteiger partial charge in [-0.05, 0) is 26.9 Å². The molecule has 0 atom stereocenters. The van der Waals surface area contributed by atoms with E-state index in [1.165, 1.54) is 24.4 Å². The molecule has 1 saturated heterocycles. The molecule has 16 heavy (non-hydrogen) atoms. The molecule has 0 aliphatic carbocycles. The highest BCUT2D eigenvalue weighted by Gasteiger charge is 2.21. The number of hydrogen-bond acceptors (Lipinski definition) is 5. The van der Waals surface area contributed by atoms with Gasteiger partial charge in [0, 0.05) is 37.2 Å². The fourth-order valence-electron chi connectivity index (χ4n) is 2.10. The zero-order chi connectivity index (χ0) is 11.5. The molecule has 6 heteroatoms. The van der Waals surface area contributed by atoms with Crippen LogP contribution in [-0.2, 0) is 6.54 Å². The summed E-state index contributed by atoms with van der Waals surface area (Å²) in [6.07, 6.45) is 2.45. The molecule has 0 saturated carbocycles. The SMILES string of the molecule is CN(C)C1CCN(Cc2nnsc2Cl)CC1. The molecule has 90 valence electrons. The number of halogens is 1. The molecule has 0 aromatic carbocycles. The number of rotatable bonds is 3. The van der Waals surface area contributed by atoms with E-state index in [0.717, 1.165) is 35.7 Å². The Morgan fingerprint density at radius 3 is 2.62 bits per heavy atom. The molecule has 0 radical (unpaired) electrons.